The number of nitrogens with one attached hydrogen (secondary N) is 1. The van der Waals surface area contributed by atoms with Gasteiger partial charge in [0.05, 0.1) is 16.8 Å². The molecule has 2 atom stereocenters. The number of para-hydroxylation sites is 1. The molecule has 2 amide bonds. The van der Waals surface area contributed by atoms with Crippen molar-refractivity contribution in [3.05, 3.63) is 29.3 Å². The number of amides is 2. The minimum absolute atomic E-state index is 0. The first kappa shape index (κ1) is 21.0. The van der Waals surface area contributed by atoms with Crippen LogP contribution in [0.2, 0.25) is 5.02 Å². The van der Waals surface area contributed by atoms with Crippen LogP contribution in [0.4, 0.5) is 5.69 Å². The molecule has 0 bridgehead atoms. The summed E-state index contributed by atoms with van der Waals surface area (Å²) >= 11 is 6.22. The minimum Gasteiger partial charge on any atom is -0.381 e. The van der Waals surface area contributed by atoms with Crippen LogP contribution in [0.1, 0.15) is 25.7 Å². The van der Waals surface area contributed by atoms with Crippen LogP contribution in [0.5, 0.6) is 0 Å². The van der Waals surface area contributed by atoms with Gasteiger partial charge in [0, 0.05) is 19.8 Å². The number of rotatable bonds is 4. The zero-order chi connectivity index (χ0) is 17.8. The number of hydrogen-bond donors (Lipinski definition) is 2. The largest absolute Gasteiger partial charge is 0.381 e. The van der Waals surface area contributed by atoms with E-state index in [9.17, 15) is 9.59 Å². The van der Waals surface area contributed by atoms with Crippen molar-refractivity contribution in [1.82, 2.24) is 5.32 Å². The Hall–Kier alpha value is -1.34. The van der Waals surface area contributed by atoms with E-state index in [0.29, 0.717) is 36.9 Å². The average Bonchev–Trinajstić information content (AvgIpc) is 2.64. The summed E-state index contributed by atoms with van der Waals surface area (Å²) in [5.74, 6) is -0.287. The van der Waals surface area contributed by atoms with Crippen LogP contribution in [0.25, 0.3) is 0 Å². The Balaban J connectivity index is 0.00000243. The molecule has 2 saturated heterocycles. The lowest BCUT2D eigenvalue weighted by Crippen LogP contribution is -2.57. The average molecular weight is 402 g/mol. The number of nitrogens with two attached hydrogens (primary N) is 1. The number of carbonyl (C=O) groups excluding carboxylic acids is 2. The van der Waals surface area contributed by atoms with Crippen molar-refractivity contribution in [1.29, 1.82) is 0 Å². The number of carbonyl (C=O) groups is 2. The quantitative estimate of drug-likeness (QED) is 0.808. The van der Waals surface area contributed by atoms with Gasteiger partial charge in [0.2, 0.25) is 11.8 Å². The topological polar surface area (TPSA) is 84.7 Å². The van der Waals surface area contributed by atoms with Crippen molar-refractivity contribution in [2.75, 3.05) is 24.7 Å². The highest BCUT2D eigenvalue weighted by Gasteiger charge is 2.34. The Labute approximate surface area is 164 Å². The maximum atomic E-state index is 12.8. The fraction of sp³-hybridized carbons (Fsp3) is 0.556. The second-order valence-electron chi connectivity index (χ2n) is 6.62. The Morgan fingerprint density at radius 3 is 2.65 bits per heavy atom. The molecule has 26 heavy (non-hydrogen) atoms. The molecule has 0 aliphatic carbocycles. The van der Waals surface area contributed by atoms with Crippen molar-refractivity contribution in [3.8, 4) is 0 Å². The first-order valence-electron chi connectivity index (χ1n) is 8.77. The lowest BCUT2D eigenvalue weighted by atomic mass is 9.91. The molecule has 2 heterocycles. The minimum atomic E-state index is -0.604. The Morgan fingerprint density at radius 1 is 1.27 bits per heavy atom. The lowest BCUT2D eigenvalue weighted by Gasteiger charge is -2.34. The molecular formula is C18H25Cl2N3O3. The summed E-state index contributed by atoms with van der Waals surface area (Å²) < 4.78 is 5.31. The van der Waals surface area contributed by atoms with Gasteiger partial charge in [-0.25, -0.2) is 0 Å². The summed E-state index contributed by atoms with van der Waals surface area (Å²) in [6, 6.07) is 6.09. The van der Waals surface area contributed by atoms with E-state index < -0.39 is 12.1 Å². The van der Waals surface area contributed by atoms with Crippen LogP contribution < -0.4 is 16.0 Å². The molecule has 144 valence electrons. The number of nitrogens with zero attached hydrogens (tertiary/aromatic N) is 1. The van der Waals surface area contributed by atoms with Crippen LogP contribution in [0.3, 0.4) is 0 Å². The van der Waals surface area contributed by atoms with Crippen molar-refractivity contribution >= 4 is 41.5 Å². The standard InChI is InChI=1S/C18H24ClN3O3.ClH/c19-13-4-1-2-6-15(13)22-9-3-5-14(18(22)24)21-17(23)16(20)12-7-10-25-11-8-12;/h1-2,4,6,12,14,16H,3,5,7-11,20H2,(H,21,23);1H. The van der Waals surface area contributed by atoms with Crippen molar-refractivity contribution in [3.63, 3.8) is 0 Å². The molecular weight excluding hydrogens is 377 g/mol. The normalized spacial score (nSPS) is 22.5. The van der Waals surface area contributed by atoms with E-state index >= 15 is 0 Å². The zero-order valence-electron chi connectivity index (χ0n) is 14.5. The molecule has 0 radical (unpaired) electrons. The van der Waals surface area contributed by atoms with E-state index in [1.54, 1.807) is 11.0 Å². The van der Waals surface area contributed by atoms with E-state index in [1.165, 1.54) is 0 Å². The summed E-state index contributed by atoms with van der Waals surface area (Å²) in [5.41, 5.74) is 6.79. The van der Waals surface area contributed by atoms with Crippen LogP contribution in [0, 0.1) is 5.92 Å². The maximum Gasteiger partial charge on any atom is 0.249 e. The van der Waals surface area contributed by atoms with Gasteiger partial charge in [-0.2, -0.15) is 0 Å². The van der Waals surface area contributed by atoms with E-state index in [1.807, 2.05) is 18.2 Å². The molecule has 2 aliphatic heterocycles. The van der Waals surface area contributed by atoms with E-state index in [4.69, 9.17) is 22.1 Å². The SMILES string of the molecule is Cl.NC(C(=O)NC1CCCN(c2ccccc2Cl)C1=O)C1CCOCC1. The molecule has 3 N–H and O–H groups in total. The maximum absolute atomic E-state index is 12.8. The third kappa shape index (κ3) is 4.68. The summed E-state index contributed by atoms with van der Waals surface area (Å²) in [6.07, 6.45) is 2.97. The third-order valence-electron chi connectivity index (χ3n) is 4.97. The van der Waals surface area contributed by atoms with E-state index in [-0.39, 0.29) is 30.1 Å². The molecule has 6 nitrogen and oxygen atoms in total. The number of halogens is 2. The van der Waals surface area contributed by atoms with Gasteiger partial charge < -0.3 is 20.7 Å². The van der Waals surface area contributed by atoms with E-state index in [2.05, 4.69) is 5.32 Å². The number of piperidine rings is 1. The summed E-state index contributed by atoms with van der Waals surface area (Å²) in [4.78, 5) is 26.9. The fourth-order valence-corrected chi connectivity index (χ4v) is 3.71. The molecule has 1 aromatic rings. The number of hydrogen-bond acceptors (Lipinski definition) is 4. The monoisotopic (exact) mass is 401 g/mol. The van der Waals surface area contributed by atoms with Crippen LogP contribution in [-0.2, 0) is 14.3 Å². The fourth-order valence-electron chi connectivity index (χ4n) is 3.48. The number of anilines is 1. The second kappa shape index (κ2) is 9.55. The van der Waals surface area contributed by atoms with Gasteiger partial charge in [0.15, 0.2) is 0 Å². The summed E-state index contributed by atoms with van der Waals surface area (Å²) in [5, 5.41) is 3.38. The first-order valence-corrected chi connectivity index (χ1v) is 9.15. The predicted octanol–water partition coefficient (Wildman–Crippen LogP) is 2.13. The molecule has 0 spiro atoms. The number of benzene rings is 1. The molecule has 2 unspecified atom stereocenters. The summed E-state index contributed by atoms with van der Waals surface area (Å²) in [7, 11) is 0. The molecule has 2 aliphatic rings. The molecule has 2 fully saturated rings. The predicted molar refractivity (Wildman–Crippen MR) is 104 cm³/mol. The highest BCUT2D eigenvalue weighted by molar-refractivity contribution is 6.33. The van der Waals surface area contributed by atoms with Gasteiger partial charge in [0.1, 0.15) is 6.04 Å². The Kier molecular flexibility index (Phi) is 7.70. The highest BCUT2D eigenvalue weighted by Crippen LogP contribution is 2.28. The molecule has 3 rings (SSSR count). The lowest BCUT2D eigenvalue weighted by molar-refractivity contribution is -0.130. The van der Waals surface area contributed by atoms with Gasteiger partial charge in [0.25, 0.3) is 0 Å². The second-order valence-corrected chi connectivity index (χ2v) is 7.03. The summed E-state index contributed by atoms with van der Waals surface area (Å²) in [6.45, 7) is 1.86. The van der Waals surface area contributed by atoms with Gasteiger partial charge in [-0.1, -0.05) is 23.7 Å². The zero-order valence-corrected chi connectivity index (χ0v) is 16.1. The Morgan fingerprint density at radius 2 is 1.96 bits per heavy atom. The Bertz CT molecular complexity index is 638. The van der Waals surface area contributed by atoms with Gasteiger partial charge in [-0.3, -0.25) is 9.59 Å². The molecule has 0 saturated carbocycles. The van der Waals surface area contributed by atoms with Gasteiger partial charge in [-0.15, -0.1) is 12.4 Å². The van der Waals surface area contributed by atoms with Crippen molar-refractivity contribution < 1.29 is 14.3 Å². The van der Waals surface area contributed by atoms with Crippen LogP contribution in [0.15, 0.2) is 24.3 Å². The van der Waals surface area contributed by atoms with Gasteiger partial charge >= 0.3 is 0 Å². The van der Waals surface area contributed by atoms with E-state index in [0.717, 1.165) is 19.3 Å². The van der Waals surface area contributed by atoms with Crippen molar-refractivity contribution in [2.24, 2.45) is 11.7 Å². The molecule has 8 heteroatoms. The highest BCUT2D eigenvalue weighted by atomic mass is 35.5. The van der Waals surface area contributed by atoms with Crippen LogP contribution in [-0.4, -0.2) is 43.7 Å². The van der Waals surface area contributed by atoms with Gasteiger partial charge in [-0.05, 0) is 43.7 Å². The van der Waals surface area contributed by atoms with Crippen molar-refractivity contribution in [2.45, 2.75) is 37.8 Å². The number of ether oxygens (including phenoxy) is 1. The smallest absolute Gasteiger partial charge is 0.249 e. The molecule has 1 aromatic carbocycles. The van der Waals surface area contributed by atoms with Crippen LogP contribution >= 0.6 is 24.0 Å². The third-order valence-corrected chi connectivity index (χ3v) is 5.29. The first-order chi connectivity index (χ1) is 12.1. The molecule has 0 aromatic heterocycles.